The molecule has 2 aromatic heterocycles. The predicted octanol–water partition coefficient (Wildman–Crippen LogP) is 3.30. The van der Waals surface area contributed by atoms with Crippen LogP contribution >= 0.6 is 0 Å². The first-order valence-corrected chi connectivity index (χ1v) is 8.61. The number of fused-ring (bicyclic) bond motifs is 1. The zero-order chi connectivity index (χ0) is 16.5. The molecule has 1 aliphatic rings. The van der Waals surface area contributed by atoms with Gasteiger partial charge in [-0.3, -0.25) is 10.00 Å². The summed E-state index contributed by atoms with van der Waals surface area (Å²) in [6.45, 7) is 5.68. The van der Waals surface area contributed by atoms with Crippen LogP contribution in [-0.2, 0) is 13.1 Å². The quantitative estimate of drug-likeness (QED) is 0.800. The van der Waals surface area contributed by atoms with Gasteiger partial charge in [0.15, 0.2) is 5.82 Å². The first-order chi connectivity index (χ1) is 11.8. The predicted molar refractivity (Wildman–Crippen MR) is 91.2 cm³/mol. The Bertz CT molecular complexity index is 823. The van der Waals surface area contributed by atoms with E-state index in [-0.39, 0.29) is 5.82 Å². The molecule has 4 rings (SSSR count). The number of nitrogens with one attached hydrogen (secondary N) is 1. The van der Waals surface area contributed by atoms with Crippen molar-refractivity contribution in [3.63, 3.8) is 0 Å². The summed E-state index contributed by atoms with van der Waals surface area (Å²) >= 11 is 0. The number of aromatic amines is 1. The minimum Gasteiger partial charge on any atom is -0.327 e. The van der Waals surface area contributed by atoms with Crippen molar-refractivity contribution in [1.82, 2.24) is 24.6 Å². The van der Waals surface area contributed by atoms with Crippen LogP contribution in [0.15, 0.2) is 30.5 Å². The second-order valence-electron chi connectivity index (χ2n) is 6.47. The van der Waals surface area contributed by atoms with Crippen molar-refractivity contribution in [2.75, 3.05) is 13.1 Å². The van der Waals surface area contributed by atoms with Crippen molar-refractivity contribution >= 4 is 11.0 Å². The molecule has 0 bridgehead atoms. The lowest BCUT2D eigenvalue weighted by Crippen LogP contribution is -2.34. The molecule has 5 nitrogen and oxygen atoms in total. The van der Waals surface area contributed by atoms with Crippen LogP contribution in [0.1, 0.15) is 37.2 Å². The van der Waals surface area contributed by atoms with E-state index in [1.165, 1.54) is 18.2 Å². The van der Waals surface area contributed by atoms with Crippen LogP contribution in [-0.4, -0.2) is 37.7 Å². The molecule has 1 aromatic carbocycles. The molecule has 0 radical (unpaired) electrons. The largest absolute Gasteiger partial charge is 0.327 e. The number of likely N-dealkylation sites (tertiary alicyclic amines) is 1. The number of H-pyrrole nitrogens is 1. The number of piperidine rings is 1. The molecule has 1 aliphatic heterocycles. The third kappa shape index (κ3) is 2.71. The zero-order valence-electron chi connectivity index (χ0n) is 13.9. The molecule has 1 saturated heterocycles. The Kier molecular flexibility index (Phi) is 4.06. The van der Waals surface area contributed by atoms with Gasteiger partial charge in [-0.15, -0.1) is 0 Å². The Morgan fingerprint density at radius 1 is 1.33 bits per heavy atom. The standard InChI is InChI=1S/C18H22FN5/c1-2-24-16-7-3-6-14(19)18(16)21-17(24)12-23-10-4-5-13(11-23)15-8-9-20-22-15/h3,6-9,13H,2,4-5,10-12H2,1H3,(H,20,22). The van der Waals surface area contributed by atoms with Gasteiger partial charge in [-0.2, -0.15) is 5.10 Å². The topological polar surface area (TPSA) is 49.7 Å². The van der Waals surface area contributed by atoms with Gasteiger partial charge in [0.1, 0.15) is 11.3 Å². The third-order valence-corrected chi connectivity index (χ3v) is 4.96. The monoisotopic (exact) mass is 327 g/mol. The Morgan fingerprint density at radius 2 is 2.25 bits per heavy atom. The number of imidazole rings is 1. The molecule has 6 heteroatoms. The van der Waals surface area contributed by atoms with Crippen molar-refractivity contribution in [1.29, 1.82) is 0 Å². The lowest BCUT2D eigenvalue weighted by atomic mass is 9.95. The summed E-state index contributed by atoms with van der Waals surface area (Å²) in [7, 11) is 0. The van der Waals surface area contributed by atoms with Gasteiger partial charge in [0.2, 0.25) is 0 Å². The number of hydrogen-bond acceptors (Lipinski definition) is 3. The number of halogens is 1. The summed E-state index contributed by atoms with van der Waals surface area (Å²) in [6.07, 6.45) is 4.15. The maximum Gasteiger partial charge on any atom is 0.151 e. The fourth-order valence-corrected chi connectivity index (χ4v) is 3.78. The summed E-state index contributed by atoms with van der Waals surface area (Å²) in [6, 6.07) is 7.24. The first kappa shape index (κ1) is 15.3. The average Bonchev–Trinajstić information content (AvgIpc) is 3.23. The van der Waals surface area contributed by atoms with Gasteiger partial charge in [-0.1, -0.05) is 6.07 Å². The summed E-state index contributed by atoms with van der Waals surface area (Å²) in [5.41, 5.74) is 2.57. The minimum atomic E-state index is -0.241. The number of para-hydroxylation sites is 1. The lowest BCUT2D eigenvalue weighted by Gasteiger charge is -2.31. The van der Waals surface area contributed by atoms with Gasteiger partial charge in [0.05, 0.1) is 12.1 Å². The van der Waals surface area contributed by atoms with E-state index in [2.05, 4.69) is 37.6 Å². The van der Waals surface area contributed by atoms with E-state index in [0.29, 0.717) is 11.4 Å². The van der Waals surface area contributed by atoms with E-state index in [1.807, 2.05) is 12.3 Å². The van der Waals surface area contributed by atoms with Crippen LogP contribution in [0.4, 0.5) is 4.39 Å². The maximum absolute atomic E-state index is 14.0. The summed E-state index contributed by atoms with van der Waals surface area (Å²) in [5, 5.41) is 7.17. The van der Waals surface area contributed by atoms with Gasteiger partial charge < -0.3 is 4.57 Å². The van der Waals surface area contributed by atoms with E-state index in [1.54, 1.807) is 6.07 Å². The molecular formula is C18H22FN5. The molecule has 1 fully saturated rings. The van der Waals surface area contributed by atoms with Crippen LogP contribution in [0.25, 0.3) is 11.0 Å². The number of aromatic nitrogens is 4. The smallest absolute Gasteiger partial charge is 0.151 e. The Labute approximate surface area is 140 Å². The second-order valence-corrected chi connectivity index (χ2v) is 6.47. The van der Waals surface area contributed by atoms with Crippen molar-refractivity contribution in [2.45, 2.75) is 38.8 Å². The fraction of sp³-hybridized carbons (Fsp3) is 0.444. The maximum atomic E-state index is 14.0. The van der Waals surface area contributed by atoms with Gasteiger partial charge in [0, 0.05) is 30.9 Å². The molecule has 0 amide bonds. The van der Waals surface area contributed by atoms with Crippen molar-refractivity contribution in [3.8, 4) is 0 Å². The number of rotatable bonds is 4. The van der Waals surface area contributed by atoms with Crippen LogP contribution in [0.3, 0.4) is 0 Å². The van der Waals surface area contributed by atoms with Crippen molar-refractivity contribution in [3.05, 3.63) is 47.8 Å². The van der Waals surface area contributed by atoms with E-state index in [9.17, 15) is 4.39 Å². The van der Waals surface area contributed by atoms with E-state index in [0.717, 1.165) is 43.9 Å². The number of nitrogens with zero attached hydrogens (tertiary/aromatic N) is 4. The molecule has 24 heavy (non-hydrogen) atoms. The van der Waals surface area contributed by atoms with Crippen molar-refractivity contribution in [2.24, 2.45) is 0 Å². The zero-order valence-corrected chi connectivity index (χ0v) is 13.9. The van der Waals surface area contributed by atoms with Crippen LogP contribution in [0.2, 0.25) is 0 Å². The normalized spacial score (nSPS) is 19.2. The van der Waals surface area contributed by atoms with Crippen LogP contribution in [0, 0.1) is 5.82 Å². The van der Waals surface area contributed by atoms with E-state index in [4.69, 9.17) is 0 Å². The van der Waals surface area contributed by atoms with E-state index < -0.39 is 0 Å². The van der Waals surface area contributed by atoms with Gasteiger partial charge in [-0.05, 0) is 44.5 Å². The number of hydrogen-bond donors (Lipinski definition) is 1. The Balaban J connectivity index is 1.58. The van der Waals surface area contributed by atoms with E-state index >= 15 is 0 Å². The summed E-state index contributed by atoms with van der Waals surface area (Å²) < 4.78 is 16.2. The molecule has 3 heterocycles. The van der Waals surface area contributed by atoms with Crippen LogP contribution < -0.4 is 0 Å². The highest BCUT2D eigenvalue weighted by Gasteiger charge is 2.24. The van der Waals surface area contributed by atoms with Gasteiger partial charge in [0.25, 0.3) is 0 Å². The minimum absolute atomic E-state index is 0.241. The second kappa shape index (κ2) is 6.36. The average molecular weight is 327 g/mol. The van der Waals surface area contributed by atoms with Gasteiger partial charge >= 0.3 is 0 Å². The number of benzene rings is 1. The SMILES string of the molecule is CCn1c(CN2CCCC(c3ccn[nH]3)C2)nc2c(F)cccc21. The molecule has 126 valence electrons. The van der Waals surface area contributed by atoms with Gasteiger partial charge in [-0.25, -0.2) is 9.37 Å². The highest BCUT2D eigenvalue weighted by molar-refractivity contribution is 5.76. The fourth-order valence-electron chi connectivity index (χ4n) is 3.78. The summed E-state index contributed by atoms with van der Waals surface area (Å²) in [5.74, 6) is 1.19. The highest BCUT2D eigenvalue weighted by Crippen LogP contribution is 2.27. The highest BCUT2D eigenvalue weighted by atomic mass is 19.1. The first-order valence-electron chi connectivity index (χ1n) is 8.61. The molecular weight excluding hydrogens is 305 g/mol. The third-order valence-electron chi connectivity index (χ3n) is 4.96. The Hall–Kier alpha value is -2.21. The number of aryl methyl sites for hydroxylation is 1. The molecule has 0 aliphatic carbocycles. The molecule has 1 unspecified atom stereocenters. The molecule has 1 N–H and O–H groups in total. The lowest BCUT2D eigenvalue weighted by molar-refractivity contribution is 0.192. The summed E-state index contributed by atoms with van der Waals surface area (Å²) in [4.78, 5) is 7.01. The molecule has 0 spiro atoms. The molecule has 3 aromatic rings. The molecule has 1 atom stereocenters. The van der Waals surface area contributed by atoms with Crippen molar-refractivity contribution < 1.29 is 4.39 Å². The van der Waals surface area contributed by atoms with Crippen LogP contribution in [0.5, 0.6) is 0 Å². The molecule has 0 saturated carbocycles. The Morgan fingerprint density at radius 3 is 3.04 bits per heavy atom.